The number of nitrogens with zero attached hydrogens (tertiary/aromatic N) is 1. The summed E-state index contributed by atoms with van der Waals surface area (Å²) in [5.74, 6) is -1.14. The minimum atomic E-state index is -4.78. The van der Waals surface area contributed by atoms with Gasteiger partial charge in [0.25, 0.3) is 0 Å². The summed E-state index contributed by atoms with van der Waals surface area (Å²) in [6.07, 6.45) is -2.93. The Hall–Kier alpha value is -3.67. The van der Waals surface area contributed by atoms with Gasteiger partial charge in [-0.2, -0.15) is 13.2 Å². The van der Waals surface area contributed by atoms with Gasteiger partial charge in [0.2, 0.25) is 5.75 Å². The van der Waals surface area contributed by atoms with Crippen LogP contribution in [-0.2, 0) is 15.8 Å². The maximum atomic E-state index is 13.6. The number of nitro benzene ring substituents is 1. The Balaban J connectivity index is 1.64. The number of dihydropyridines is 1. The van der Waals surface area contributed by atoms with Crippen LogP contribution in [-0.4, -0.2) is 23.6 Å². The number of halogens is 4. The average Bonchev–Trinajstić information content (AvgIpc) is 2.86. The molecule has 0 bridgehead atoms. The molecule has 0 radical (unpaired) electrons. The number of methoxy groups -OCH3 is 1. The molecule has 0 saturated heterocycles. The highest BCUT2D eigenvalue weighted by atomic mass is 79.9. The Labute approximate surface area is 254 Å². The van der Waals surface area contributed by atoms with Crippen molar-refractivity contribution in [1.29, 1.82) is 0 Å². The molecule has 3 aliphatic rings. The predicted octanol–water partition coefficient (Wildman–Crippen LogP) is 8.15. The number of Topliss-reactive ketones (excluding diaryl/α,β-unsaturated/α-hetero) is 2. The summed E-state index contributed by atoms with van der Waals surface area (Å²) in [4.78, 5) is 38.0. The molecule has 1 heterocycles. The second kappa shape index (κ2) is 10.5. The lowest BCUT2D eigenvalue weighted by molar-refractivity contribution is -0.385. The van der Waals surface area contributed by atoms with Gasteiger partial charge in [-0.3, -0.25) is 19.7 Å². The fourth-order valence-corrected chi connectivity index (χ4v) is 6.80. The van der Waals surface area contributed by atoms with Crippen molar-refractivity contribution in [2.45, 2.75) is 65.5 Å². The van der Waals surface area contributed by atoms with Crippen molar-refractivity contribution in [3.63, 3.8) is 0 Å². The van der Waals surface area contributed by atoms with Crippen LogP contribution in [0.2, 0.25) is 0 Å². The van der Waals surface area contributed by atoms with Crippen molar-refractivity contribution in [1.82, 2.24) is 5.32 Å². The largest absolute Gasteiger partial charge is 0.493 e. The van der Waals surface area contributed by atoms with Crippen molar-refractivity contribution < 1.29 is 37.2 Å². The van der Waals surface area contributed by atoms with Gasteiger partial charge in [-0.1, -0.05) is 27.7 Å². The SMILES string of the molecule is COc1cc(C2C3=C(CC(C)(C)CC3=O)NC3=C2C(=O)CC(C)(C)C3)cc(Br)c1Oc1ccc(C(F)(F)F)cc1[N+](=O)[O-]. The third-order valence-corrected chi connectivity index (χ3v) is 8.59. The lowest BCUT2D eigenvalue weighted by atomic mass is 9.64. The minimum Gasteiger partial charge on any atom is -0.493 e. The van der Waals surface area contributed by atoms with E-state index in [-0.39, 0.29) is 38.4 Å². The standard InChI is InChI=1S/C31H30BrF3N2O6/c1-29(2)11-18-26(21(38)13-29)25(27-19(36-18)12-30(3,4)14-22(27)39)15-8-17(32)28(24(9-15)42-5)43-23-7-6-16(31(33,34)35)10-20(23)37(40)41/h6-10,25,36H,11-14H2,1-5H3. The molecule has 0 fully saturated rings. The summed E-state index contributed by atoms with van der Waals surface area (Å²) in [5, 5.41) is 15.1. The number of benzene rings is 2. The Morgan fingerprint density at radius 1 is 0.930 bits per heavy atom. The van der Waals surface area contributed by atoms with Crippen LogP contribution in [0, 0.1) is 20.9 Å². The lowest BCUT2D eigenvalue weighted by Crippen LogP contribution is -2.42. The molecule has 12 heteroatoms. The zero-order valence-corrected chi connectivity index (χ0v) is 25.8. The van der Waals surface area contributed by atoms with Crippen molar-refractivity contribution in [2.75, 3.05) is 7.11 Å². The molecule has 0 saturated carbocycles. The normalized spacial score (nSPS) is 19.9. The zero-order valence-electron chi connectivity index (χ0n) is 24.2. The smallest absolute Gasteiger partial charge is 0.416 e. The fourth-order valence-electron chi connectivity index (χ4n) is 6.26. The summed E-state index contributed by atoms with van der Waals surface area (Å²) in [7, 11) is 1.35. The molecular formula is C31H30BrF3N2O6. The highest BCUT2D eigenvalue weighted by Crippen LogP contribution is 2.53. The highest BCUT2D eigenvalue weighted by molar-refractivity contribution is 9.10. The maximum absolute atomic E-state index is 13.6. The first kappa shape index (κ1) is 30.8. The average molecular weight is 663 g/mol. The van der Waals surface area contributed by atoms with E-state index in [2.05, 4.69) is 21.2 Å². The van der Waals surface area contributed by atoms with Gasteiger partial charge in [0.05, 0.1) is 22.1 Å². The third-order valence-electron chi connectivity index (χ3n) is 8.00. The zero-order chi connectivity index (χ0) is 31.6. The number of rotatable bonds is 5. The fraction of sp³-hybridized carbons (Fsp3) is 0.419. The first-order valence-corrected chi connectivity index (χ1v) is 14.4. The number of alkyl halides is 3. The van der Waals surface area contributed by atoms with Gasteiger partial charge >= 0.3 is 11.9 Å². The van der Waals surface area contributed by atoms with Gasteiger partial charge in [0.1, 0.15) is 0 Å². The number of ketones is 2. The summed E-state index contributed by atoms with van der Waals surface area (Å²) in [5.41, 5.74) is 0.574. The third kappa shape index (κ3) is 5.81. The summed E-state index contributed by atoms with van der Waals surface area (Å²) >= 11 is 3.44. The van der Waals surface area contributed by atoms with Gasteiger partial charge in [0, 0.05) is 47.4 Å². The maximum Gasteiger partial charge on any atom is 0.416 e. The lowest BCUT2D eigenvalue weighted by Gasteiger charge is -2.44. The van der Waals surface area contributed by atoms with E-state index >= 15 is 0 Å². The first-order valence-electron chi connectivity index (χ1n) is 13.6. The van der Waals surface area contributed by atoms with Gasteiger partial charge in [-0.15, -0.1) is 0 Å². The first-order chi connectivity index (χ1) is 19.9. The second-order valence-electron chi connectivity index (χ2n) is 12.8. The van der Waals surface area contributed by atoms with E-state index in [4.69, 9.17) is 9.47 Å². The topological polar surface area (TPSA) is 108 Å². The number of hydrogen-bond acceptors (Lipinski definition) is 7. The summed E-state index contributed by atoms with van der Waals surface area (Å²) < 4.78 is 51.3. The van der Waals surface area contributed by atoms with Crippen molar-refractivity contribution in [3.05, 3.63) is 78.6 Å². The van der Waals surface area contributed by atoms with Gasteiger partial charge in [0.15, 0.2) is 23.1 Å². The second-order valence-corrected chi connectivity index (χ2v) is 13.7. The molecule has 2 aromatic rings. The van der Waals surface area contributed by atoms with E-state index in [1.807, 2.05) is 27.7 Å². The van der Waals surface area contributed by atoms with Gasteiger partial charge in [-0.05, 0) is 69.4 Å². The van der Waals surface area contributed by atoms with E-state index in [0.717, 1.165) is 17.5 Å². The van der Waals surface area contributed by atoms with Gasteiger partial charge < -0.3 is 14.8 Å². The predicted molar refractivity (Wildman–Crippen MR) is 155 cm³/mol. The molecule has 2 aliphatic carbocycles. The summed E-state index contributed by atoms with van der Waals surface area (Å²) in [6, 6.07) is 5.24. The van der Waals surface area contributed by atoms with Crippen LogP contribution in [0.25, 0.3) is 0 Å². The number of ether oxygens (including phenoxy) is 2. The molecule has 8 nitrogen and oxygen atoms in total. The number of allylic oxidation sites excluding steroid dienone is 4. The van der Waals surface area contributed by atoms with E-state index in [1.54, 1.807) is 12.1 Å². The molecule has 1 N–H and O–H groups in total. The molecule has 1 aliphatic heterocycles. The minimum absolute atomic E-state index is 0.0151. The molecule has 2 aromatic carbocycles. The van der Waals surface area contributed by atoms with E-state index in [9.17, 15) is 32.9 Å². The van der Waals surface area contributed by atoms with Crippen molar-refractivity contribution in [2.24, 2.45) is 10.8 Å². The Kier molecular flexibility index (Phi) is 7.51. The van der Waals surface area contributed by atoms with Gasteiger partial charge in [-0.25, -0.2) is 0 Å². The van der Waals surface area contributed by atoms with E-state index in [0.29, 0.717) is 54.5 Å². The highest BCUT2D eigenvalue weighted by Gasteiger charge is 2.46. The number of nitrogens with one attached hydrogen (secondary N) is 1. The quantitative estimate of drug-likeness (QED) is 0.254. The van der Waals surface area contributed by atoms with Crippen LogP contribution in [0.1, 0.15) is 70.4 Å². The van der Waals surface area contributed by atoms with Crippen molar-refractivity contribution >= 4 is 33.2 Å². The molecule has 0 spiro atoms. The molecule has 228 valence electrons. The molecule has 0 unspecified atom stereocenters. The Morgan fingerprint density at radius 2 is 1.49 bits per heavy atom. The van der Waals surface area contributed by atoms with Crippen LogP contribution in [0.5, 0.6) is 17.2 Å². The van der Waals surface area contributed by atoms with Crippen LogP contribution in [0.4, 0.5) is 18.9 Å². The molecule has 5 rings (SSSR count). The molecule has 43 heavy (non-hydrogen) atoms. The Morgan fingerprint density at radius 3 is 1.98 bits per heavy atom. The van der Waals surface area contributed by atoms with Crippen LogP contribution in [0.3, 0.4) is 0 Å². The molecule has 0 amide bonds. The molecule has 0 aromatic heterocycles. The van der Waals surface area contributed by atoms with E-state index < -0.39 is 34.0 Å². The Bertz CT molecular complexity index is 1590. The van der Waals surface area contributed by atoms with Crippen LogP contribution in [0.15, 0.2) is 57.3 Å². The number of carbonyl (C=O) groups excluding carboxylic acids is 2. The molecular weight excluding hydrogens is 633 g/mol. The van der Waals surface area contributed by atoms with Crippen molar-refractivity contribution in [3.8, 4) is 17.2 Å². The monoisotopic (exact) mass is 662 g/mol. The van der Waals surface area contributed by atoms with E-state index in [1.165, 1.54) is 7.11 Å². The van der Waals surface area contributed by atoms with Crippen LogP contribution >= 0.6 is 15.9 Å². The summed E-state index contributed by atoms with van der Waals surface area (Å²) in [6.45, 7) is 8.10. The number of nitro groups is 1. The number of hydrogen-bond donors (Lipinski definition) is 1. The number of carbonyl (C=O) groups is 2. The van der Waals surface area contributed by atoms with Crippen LogP contribution < -0.4 is 14.8 Å². The molecule has 0 atom stereocenters.